The molecule has 1 atom stereocenters. The highest BCUT2D eigenvalue weighted by Crippen LogP contribution is 2.38. The van der Waals surface area contributed by atoms with Gasteiger partial charge in [0.15, 0.2) is 6.17 Å². The van der Waals surface area contributed by atoms with Crippen LogP contribution in [0.2, 0.25) is 0 Å². The molecule has 0 aliphatic carbocycles. The van der Waals surface area contributed by atoms with Gasteiger partial charge in [-0.25, -0.2) is 9.98 Å². The van der Waals surface area contributed by atoms with Crippen LogP contribution in [0.3, 0.4) is 0 Å². The summed E-state index contributed by atoms with van der Waals surface area (Å²) >= 11 is 0. The topological polar surface area (TPSA) is 49.9 Å². The quantitative estimate of drug-likeness (QED) is 0.201. The monoisotopic (exact) mass is 653 g/mol. The first-order valence-electron chi connectivity index (χ1n) is 17.3. The van der Waals surface area contributed by atoms with E-state index in [1.54, 1.807) is 0 Å². The SMILES string of the molecule is c1ccc(-c2cccc(C3=NC(c4ccc5cc(-c6cccc7oc8ccccc8c67)ccc5c4)N=C(c4ccc5ccccc5c4)N3)c2)cc1. The van der Waals surface area contributed by atoms with Crippen LogP contribution >= 0.6 is 0 Å². The van der Waals surface area contributed by atoms with Gasteiger partial charge in [-0.2, -0.15) is 0 Å². The predicted octanol–water partition coefficient (Wildman–Crippen LogP) is 11.7. The molecule has 0 amide bonds. The number of aliphatic imine (C=N–C) groups is 2. The molecule has 4 heteroatoms. The van der Waals surface area contributed by atoms with Gasteiger partial charge in [0.1, 0.15) is 22.8 Å². The maximum absolute atomic E-state index is 6.19. The minimum atomic E-state index is -0.418. The third-order valence-corrected chi connectivity index (χ3v) is 9.88. The summed E-state index contributed by atoms with van der Waals surface area (Å²) in [7, 11) is 0. The van der Waals surface area contributed by atoms with Crippen molar-refractivity contribution in [3.8, 4) is 22.3 Å². The fourth-order valence-electron chi connectivity index (χ4n) is 7.31. The summed E-state index contributed by atoms with van der Waals surface area (Å²) in [5, 5.41) is 10.6. The Hall–Kier alpha value is -6.78. The summed E-state index contributed by atoms with van der Waals surface area (Å²) in [6.07, 6.45) is -0.418. The Kier molecular flexibility index (Phi) is 6.85. The van der Waals surface area contributed by atoms with E-state index in [1.165, 1.54) is 21.9 Å². The molecule has 1 aliphatic rings. The van der Waals surface area contributed by atoms with Gasteiger partial charge >= 0.3 is 0 Å². The number of nitrogens with zero attached hydrogens (tertiary/aromatic N) is 2. The maximum Gasteiger partial charge on any atom is 0.169 e. The summed E-state index contributed by atoms with van der Waals surface area (Å²) in [4.78, 5) is 10.5. The predicted molar refractivity (Wildman–Crippen MR) is 211 cm³/mol. The molecule has 10 rings (SSSR count). The van der Waals surface area contributed by atoms with Gasteiger partial charge in [-0.05, 0) is 85.8 Å². The van der Waals surface area contributed by atoms with E-state index in [0.29, 0.717) is 0 Å². The molecule has 0 saturated heterocycles. The zero-order valence-corrected chi connectivity index (χ0v) is 27.6. The highest BCUT2D eigenvalue weighted by molar-refractivity contribution is 6.17. The Morgan fingerprint density at radius 2 is 1.02 bits per heavy atom. The highest BCUT2D eigenvalue weighted by atomic mass is 16.3. The van der Waals surface area contributed by atoms with Gasteiger partial charge in [-0.1, -0.05) is 140 Å². The maximum atomic E-state index is 6.19. The molecule has 1 unspecified atom stereocenters. The van der Waals surface area contributed by atoms with Crippen molar-refractivity contribution >= 4 is 55.2 Å². The molecule has 51 heavy (non-hydrogen) atoms. The van der Waals surface area contributed by atoms with Crippen LogP contribution in [0.1, 0.15) is 22.9 Å². The number of hydrogen-bond donors (Lipinski definition) is 1. The Bertz CT molecular complexity index is 2850. The molecule has 0 bridgehead atoms. The Morgan fingerprint density at radius 1 is 0.412 bits per heavy atom. The second kappa shape index (κ2) is 12.0. The normalized spacial score (nSPS) is 14.5. The zero-order valence-electron chi connectivity index (χ0n) is 27.6. The van der Waals surface area contributed by atoms with Gasteiger partial charge in [-0.15, -0.1) is 0 Å². The number of fused-ring (bicyclic) bond motifs is 5. The van der Waals surface area contributed by atoms with E-state index in [4.69, 9.17) is 14.4 Å². The van der Waals surface area contributed by atoms with Crippen LogP contribution in [-0.4, -0.2) is 11.7 Å². The molecule has 0 fully saturated rings. The molecular weight excluding hydrogens is 623 g/mol. The fourth-order valence-corrected chi connectivity index (χ4v) is 7.31. The first kappa shape index (κ1) is 29.2. The van der Waals surface area contributed by atoms with E-state index >= 15 is 0 Å². The number of para-hydroxylation sites is 1. The third-order valence-electron chi connectivity index (χ3n) is 9.88. The van der Waals surface area contributed by atoms with Crippen molar-refractivity contribution in [3.05, 3.63) is 193 Å². The molecule has 8 aromatic carbocycles. The molecule has 0 radical (unpaired) electrons. The molecule has 240 valence electrons. The number of rotatable bonds is 5. The van der Waals surface area contributed by atoms with Crippen LogP contribution in [0.5, 0.6) is 0 Å². The van der Waals surface area contributed by atoms with Crippen LogP contribution in [0, 0.1) is 0 Å². The lowest BCUT2D eigenvalue weighted by molar-refractivity contribution is 0.669. The molecule has 0 saturated carbocycles. The summed E-state index contributed by atoms with van der Waals surface area (Å²) in [6.45, 7) is 0. The van der Waals surface area contributed by atoms with Crippen molar-refractivity contribution in [2.45, 2.75) is 6.17 Å². The first-order valence-corrected chi connectivity index (χ1v) is 17.3. The molecule has 0 spiro atoms. The molecule has 2 heterocycles. The van der Waals surface area contributed by atoms with Crippen LogP contribution in [-0.2, 0) is 0 Å². The number of furan rings is 1. The van der Waals surface area contributed by atoms with Gasteiger partial charge in [-0.3, -0.25) is 0 Å². The fraction of sp³-hybridized carbons (Fsp3) is 0.0213. The van der Waals surface area contributed by atoms with Crippen molar-refractivity contribution in [2.24, 2.45) is 9.98 Å². The van der Waals surface area contributed by atoms with Crippen LogP contribution in [0.4, 0.5) is 0 Å². The van der Waals surface area contributed by atoms with Crippen molar-refractivity contribution in [2.75, 3.05) is 0 Å². The lowest BCUT2D eigenvalue weighted by Gasteiger charge is -2.23. The van der Waals surface area contributed by atoms with E-state index in [-0.39, 0.29) is 0 Å². The summed E-state index contributed by atoms with van der Waals surface area (Å²) in [5.74, 6) is 1.60. The number of nitrogens with one attached hydrogen (secondary N) is 1. The zero-order chi connectivity index (χ0) is 33.7. The van der Waals surface area contributed by atoms with E-state index in [2.05, 4.69) is 157 Å². The minimum absolute atomic E-state index is 0.418. The van der Waals surface area contributed by atoms with Gasteiger partial charge in [0.05, 0.1) is 0 Å². The number of benzene rings is 8. The summed E-state index contributed by atoms with van der Waals surface area (Å²) in [5.41, 5.74) is 9.52. The smallest absolute Gasteiger partial charge is 0.169 e. The number of hydrogen-bond acceptors (Lipinski definition) is 4. The highest BCUT2D eigenvalue weighted by Gasteiger charge is 2.22. The average molecular weight is 654 g/mol. The summed E-state index contributed by atoms with van der Waals surface area (Å²) < 4.78 is 6.19. The van der Waals surface area contributed by atoms with Crippen LogP contribution < -0.4 is 5.32 Å². The Balaban J connectivity index is 1.06. The molecule has 9 aromatic rings. The molecule has 1 aliphatic heterocycles. The van der Waals surface area contributed by atoms with E-state index in [0.717, 1.165) is 72.2 Å². The molecule has 1 N–H and O–H groups in total. The van der Waals surface area contributed by atoms with Gasteiger partial charge in [0.2, 0.25) is 0 Å². The molecule has 1 aromatic heterocycles. The minimum Gasteiger partial charge on any atom is -0.456 e. The largest absolute Gasteiger partial charge is 0.456 e. The third kappa shape index (κ3) is 5.25. The van der Waals surface area contributed by atoms with Gasteiger partial charge in [0.25, 0.3) is 0 Å². The van der Waals surface area contributed by atoms with Crippen LogP contribution in [0.15, 0.2) is 190 Å². The number of amidine groups is 2. The van der Waals surface area contributed by atoms with Gasteiger partial charge in [0, 0.05) is 21.9 Å². The van der Waals surface area contributed by atoms with Crippen molar-refractivity contribution in [3.63, 3.8) is 0 Å². The van der Waals surface area contributed by atoms with Crippen molar-refractivity contribution < 1.29 is 4.42 Å². The first-order chi connectivity index (χ1) is 25.2. The molecular formula is C47H31N3O. The van der Waals surface area contributed by atoms with Gasteiger partial charge < -0.3 is 9.73 Å². The average Bonchev–Trinajstić information content (AvgIpc) is 3.59. The van der Waals surface area contributed by atoms with Crippen molar-refractivity contribution in [1.29, 1.82) is 0 Å². The molecule has 4 nitrogen and oxygen atoms in total. The second-order valence-electron chi connectivity index (χ2n) is 13.1. The van der Waals surface area contributed by atoms with Crippen molar-refractivity contribution in [1.82, 2.24) is 5.32 Å². The Morgan fingerprint density at radius 3 is 1.92 bits per heavy atom. The standard InChI is InChI=1S/C47H31N3O/c1-2-10-30(11-3-1)33-14-8-15-37(27-33)45-48-46(38-24-20-31-12-4-5-13-32(31)28-38)50-47(49-45)39-25-22-34-26-36(23-21-35(34)29-39)40-17-9-19-43-44(40)41-16-6-7-18-42(41)51-43/h1-29,47H,(H,48,49,50). The van der Waals surface area contributed by atoms with Crippen LogP contribution in [0.25, 0.3) is 65.7 Å². The second-order valence-corrected chi connectivity index (χ2v) is 13.1. The van der Waals surface area contributed by atoms with E-state index < -0.39 is 6.17 Å². The summed E-state index contributed by atoms with van der Waals surface area (Å²) in [6, 6.07) is 61.8. The lowest BCUT2D eigenvalue weighted by Crippen LogP contribution is -2.36. The lowest BCUT2D eigenvalue weighted by atomic mass is 9.96. The Labute approximate surface area is 295 Å². The van der Waals surface area contributed by atoms with E-state index in [9.17, 15) is 0 Å². The van der Waals surface area contributed by atoms with E-state index in [1.807, 2.05) is 24.3 Å².